The highest BCUT2D eigenvalue weighted by Crippen LogP contribution is 2.19. The highest BCUT2D eigenvalue weighted by molar-refractivity contribution is 14.0. The molecule has 0 saturated carbocycles. The number of nitrogens with zero attached hydrogens (tertiary/aromatic N) is 2. The molecule has 0 bridgehead atoms. The van der Waals surface area contributed by atoms with Gasteiger partial charge in [0.1, 0.15) is 6.54 Å². The minimum Gasteiger partial charge on any atom is -0.379 e. The average Bonchev–Trinajstić information content (AvgIpc) is 2.65. The van der Waals surface area contributed by atoms with Crippen molar-refractivity contribution in [2.75, 3.05) is 51.3 Å². The Morgan fingerprint density at radius 3 is 2.63 bits per heavy atom. The van der Waals surface area contributed by atoms with E-state index in [1.807, 2.05) is 0 Å². The molecule has 152 valence electrons. The maximum absolute atomic E-state index is 13.5. The van der Waals surface area contributed by atoms with Crippen LogP contribution in [0.3, 0.4) is 0 Å². The van der Waals surface area contributed by atoms with Crippen LogP contribution in [-0.2, 0) is 9.53 Å². The number of carbonyl (C=O) groups excluding carboxylic acids is 1. The van der Waals surface area contributed by atoms with E-state index in [2.05, 4.69) is 20.5 Å². The molecule has 1 aromatic carbocycles. The molecular formula is C16H23F3IN5O2. The summed E-state index contributed by atoms with van der Waals surface area (Å²) in [5, 5.41) is 4.99. The lowest BCUT2D eigenvalue weighted by Crippen LogP contribution is -2.39. The first-order chi connectivity index (χ1) is 12.5. The Balaban J connectivity index is 0.00000364. The number of hydrogen-bond donors (Lipinski definition) is 3. The average molecular weight is 501 g/mol. The number of amides is 1. The fourth-order valence-corrected chi connectivity index (χ4v) is 2.37. The molecule has 1 amide bonds. The molecule has 1 saturated heterocycles. The summed E-state index contributed by atoms with van der Waals surface area (Å²) in [6.45, 7) is 4.41. The monoisotopic (exact) mass is 501 g/mol. The number of guanidine groups is 1. The molecule has 1 heterocycles. The molecule has 1 aromatic rings. The van der Waals surface area contributed by atoms with Crippen molar-refractivity contribution in [3.05, 3.63) is 29.6 Å². The number of aliphatic imine (C=N–C) groups is 1. The normalized spacial score (nSPS) is 15.1. The van der Waals surface area contributed by atoms with E-state index in [1.165, 1.54) is 0 Å². The van der Waals surface area contributed by atoms with Crippen molar-refractivity contribution in [3.63, 3.8) is 0 Å². The number of ether oxygens (including phenoxy) is 1. The minimum absolute atomic E-state index is 0. The summed E-state index contributed by atoms with van der Waals surface area (Å²) < 4.78 is 44.7. The van der Waals surface area contributed by atoms with Gasteiger partial charge in [-0.1, -0.05) is 0 Å². The van der Waals surface area contributed by atoms with Crippen LogP contribution in [0.25, 0.3) is 0 Å². The Labute approximate surface area is 172 Å². The second-order valence-corrected chi connectivity index (χ2v) is 5.71. The number of benzene rings is 1. The second kappa shape index (κ2) is 12.0. The molecule has 0 radical (unpaired) electrons. The Kier molecular flexibility index (Phi) is 10.4. The SMILES string of the molecule is I.NC(=NCC(=O)Nc1ccc(F)c(F)c1F)NCCCN1CCOCC1. The van der Waals surface area contributed by atoms with E-state index >= 15 is 0 Å². The molecule has 0 atom stereocenters. The van der Waals surface area contributed by atoms with Crippen LogP contribution in [0.1, 0.15) is 6.42 Å². The van der Waals surface area contributed by atoms with Crippen molar-refractivity contribution in [2.45, 2.75) is 6.42 Å². The third-order valence-corrected chi connectivity index (χ3v) is 3.76. The lowest BCUT2D eigenvalue weighted by Gasteiger charge is -2.26. The predicted octanol–water partition coefficient (Wildman–Crippen LogP) is 1.29. The summed E-state index contributed by atoms with van der Waals surface area (Å²) >= 11 is 0. The minimum atomic E-state index is -1.65. The molecule has 7 nitrogen and oxygen atoms in total. The van der Waals surface area contributed by atoms with Gasteiger partial charge in [-0.25, -0.2) is 18.2 Å². The van der Waals surface area contributed by atoms with Crippen molar-refractivity contribution in [1.82, 2.24) is 10.2 Å². The van der Waals surface area contributed by atoms with Crippen molar-refractivity contribution < 1.29 is 22.7 Å². The Morgan fingerprint density at radius 2 is 1.93 bits per heavy atom. The van der Waals surface area contributed by atoms with Gasteiger partial charge in [-0.2, -0.15) is 0 Å². The number of halogens is 4. The van der Waals surface area contributed by atoms with Crippen LogP contribution in [0.4, 0.5) is 18.9 Å². The van der Waals surface area contributed by atoms with Gasteiger partial charge in [0.25, 0.3) is 0 Å². The highest BCUT2D eigenvalue weighted by Gasteiger charge is 2.15. The Hall–Kier alpha value is -1.60. The first-order valence-electron chi connectivity index (χ1n) is 8.24. The number of nitrogens with one attached hydrogen (secondary N) is 2. The Bertz CT molecular complexity index is 657. The summed E-state index contributed by atoms with van der Waals surface area (Å²) in [5.74, 6) is -5.06. The number of rotatable bonds is 7. The summed E-state index contributed by atoms with van der Waals surface area (Å²) in [7, 11) is 0. The van der Waals surface area contributed by atoms with Gasteiger partial charge in [-0.15, -0.1) is 24.0 Å². The maximum Gasteiger partial charge on any atom is 0.246 e. The molecule has 1 fully saturated rings. The van der Waals surface area contributed by atoms with Crippen molar-refractivity contribution >= 4 is 41.5 Å². The van der Waals surface area contributed by atoms with Crippen LogP contribution in [0.5, 0.6) is 0 Å². The second-order valence-electron chi connectivity index (χ2n) is 5.71. The molecule has 27 heavy (non-hydrogen) atoms. The predicted molar refractivity (Wildman–Crippen MR) is 107 cm³/mol. The van der Waals surface area contributed by atoms with Crippen molar-refractivity contribution in [2.24, 2.45) is 10.7 Å². The number of hydrogen-bond acceptors (Lipinski definition) is 4. The molecule has 2 rings (SSSR count). The van der Waals surface area contributed by atoms with Gasteiger partial charge in [0, 0.05) is 19.6 Å². The first-order valence-corrected chi connectivity index (χ1v) is 8.24. The van der Waals surface area contributed by atoms with Gasteiger partial charge in [0.05, 0.1) is 18.9 Å². The molecule has 0 aliphatic carbocycles. The standard InChI is InChI=1S/C16H22F3N5O2.HI/c17-11-2-3-12(15(19)14(11)18)23-13(25)10-22-16(20)21-4-1-5-24-6-8-26-9-7-24;/h2-3H,1,4-10H2,(H,23,25)(H3,20,21,22);1H. The molecule has 4 N–H and O–H groups in total. The van der Waals surface area contributed by atoms with E-state index in [0.29, 0.717) is 6.54 Å². The van der Waals surface area contributed by atoms with Gasteiger partial charge in [-0.3, -0.25) is 9.69 Å². The van der Waals surface area contributed by atoms with Gasteiger partial charge in [-0.05, 0) is 25.1 Å². The van der Waals surface area contributed by atoms with Gasteiger partial charge in [0.2, 0.25) is 5.91 Å². The van der Waals surface area contributed by atoms with Gasteiger partial charge in [0.15, 0.2) is 23.4 Å². The summed E-state index contributed by atoms with van der Waals surface area (Å²) in [4.78, 5) is 17.8. The first kappa shape index (κ1) is 23.4. The van der Waals surface area contributed by atoms with E-state index in [4.69, 9.17) is 10.5 Å². The zero-order valence-corrected chi connectivity index (χ0v) is 17.0. The van der Waals surface area contributed by atoms with Crippen LogP contribution in [0, 0.1) is 17.5 Å². The zero-order chi connectivity index (χ0) is 18.9. The lowest BCUT2D eigenvalue weighted by molar-refractivity contribution is -0.114. The molecule has 0 aromatic heterocycles. The number of nitrogens with two attached hydrogens (primary N) is 1. The third-order valence-electron chi connectivity index (χ3n) is 3.76. The zero-order valence-electron chi connectivity index (χ0n) is 14.6. The van der Waals surface area contributed by atoms with Crippen LogP contribution < -0.4 is 16.4 Å². The third kappa shape index (κ3) is 7.89. The number of carbonyl (C=O) groups is 1. The summed E-state index contributed by atoms with van der Waals surface area (Å²) in [6, 6.07) is 1.66. The van der Waals surface area contributed by atoms with Crippen LogP contribution >= 0.6 is 24.0 Å². The molecule has 11 heteroatoms. The van der Waals surface area contributed by atoms with Crippen molar-refractivity contribution in [3.8, 4) is 0 Å². The van der Waals surface area contributed by atoms with Crippen LogP contribution in [-0.4, -0.2) is 62.7 Å². The smallest absolute Gasteiger partial charge is 0.246 e. The summed E-state index contributed by atoms with van der Waals surface area (Å²) in [5.41, 5.74) is 5.19. The fraction of sp³-hybridized carbons (Fsp3) is 0.500. The number of anilines is 1. The van der Waals surface area contributed by atoms with E-state index in [9.17, 15) is 18.0 Å². The highest BCUT2D eigenvalue weighted by atomic mass is 127. The number of morpholine rings is 1. The quantitative estimate of drug-likeness (QED) is 0.172. The fourth-order valence-electron chi connectivity index (χ4n) is 2.37. The Morgan fingerprint density at radius 1 is 1.22 bits per heavy atom. The van der Waals surface area contributed by atoms with Crippen LogP contribution in [0.2, 0.25) is 0 Å². The van der Waals surface area contributed by atoms with Crippen molar-refractivity contribution in [1.29, 1.82) is 0 Å². The largest absolute Gasteiger partial charge is 0.379 e. The molecular weight excluding hydrogens is 478 g/mol. The van der Waals surface area contributed by atoms with E-state index in [1.54, 1.807) is 0 Å². The van der Waals surface area contributed by atoms with E-state index < -0.39 is 29.0 Å². The molecule has 1 aliphatic heterocycles. The molecule has 0 unspecified atom stereocenters. The van der Waals surface area contributed by atoms with Gasteiger partial charge < -0.3 is 21.1 Å². The van der Waals surface area contributed by atoms with Gasteiger partial charge >= 0.3 is 0 Å². The van der Waals surface area contributed by atoms with Crippen LogP contribution in [0.15, 0.2) is 17.1 Å². The van der Waals surface area contributed by atoms with E-state index in [-0.39, 0.29) is 36.5 Å². The topological polar surface area (TPSA) is 92.0 Å². The molecule has 1 aliphatic rings. The molecule has 0 spiro atoms. The van der Waals surface area contributed by atoms with E-state index in [0.717, 1.165) is 51.4 Å². The maximum atomic E-state index is 13.5. The summed E-state index contributed by atoms with van der Waals surface area (Å²) in [6.07, 6.45) is 0.850. The lowest BCUT2D eigenvalue weighted by atomic mass is 10.3.